The van der Waals surface area contributed by atoms with E-state index in [1.807, 2.05) is 0 Å². The molecular weight excluding hydrogens is 248 g/mol. The summed E-state index contributed by atoms with van der Waals surface area (Å²) >= 11 is 0. The van der Waals surface area contributed by atoms with Crippen molar-refractivity contribution in [3.63, 3.8) is 0 Å². The van der Waals surface area contributed by atoms with Gasteiger partial charge in [0.05, 0.1) is 0 Å². The van der Waals surface area contributed by atoms with Gasteiger partial charge >= 0.3 is 0 Å². The van der Waals surface area contributed by atoms with Crippen molar-refractivity contribution in [2.75, 3.05) is 0 Å². The molecule has 0 radical (unpaired) electrons. The van der Waals surface area contributed by atoms with E-state index in [1.54, 1.807) is 0 Å². The fourth-order valence-corrected chi connectivity index (χ4v) is 2.82. The van der Waals surface area contributed by atoms with Crippen LogP contribution in [0.1, 0.15) is 110 Å². The van der Waals surface area contributed by atoms with Crippen molar-refractivity contribution in [2.45, 2.75) is 116 Å². The molecule has 1 rings (SSSR count). The van der Waals surface area contributed by atoms with E-state index in [1.165, 1.54) is 96.3 Å². The smallest absolute Gasteiger partial charge is 0.199 e. The van der Waals surface area contributed by atoms with Crippen molar-refractivity contribution in [2.24, 2.45) is 0 Å². The monoisotopic (exact) mass is 284 g/mol. The zero-order chi connectivity index (χ0) is 14.3. The third-order valence-corrected chi connectivity index (χ3v) is 4.28. The molecule has 2 heteroatoms. The molecule has 0 bridgehead atoms. The van der Waals surface area contributed by atoms with Gasteiger partial charge in [-0.15, -0.1) is 0 Å². The van der Waals surface area contributed by atoms with E-state index in [0.29, 0.717) is 0 Å². The van der Waals surface area contributed by atoms with Gasteiger partial charge in [0, 0.05) is 6.42 Å². The van der Waals surface area contributed by atoms with Crippen LogP contribution in [0.25, 0.3) is 0 Å². The molecule has 0 aliphatic carbocycles. The summed E-state index contributed by atoms with van der Waals surface area (Å²) in [6, 6.07) is 0. The Balaban J connectivity index is 1.60. The molecule has 1 heterocycles. The van der Waals surface area contributed by atoms with E-state index in [4.69, 9.17) is 9.78 Å². The third kappa shape index (κ3) is 12.9. The van der Waals surface area contributed by atoms with Gasteiger partial charge in [-0.1, -0.05) is 96.8 Å². The van der Waals surface area contributed by atoms with E-state index < -0.39 is 0 Å². The van der Waals surface area contributed by atoms with Gasteiger partial charge in [0.15, 0.2) is 0 Å². The predicted molar refractivity (Wildman–Crippen MR) is 85.5 cm³/mol. The molecule has 0 aromatic carbocycles. The Morgan fingerprint density at radius 1 is 0.500 bits per heavy atom. The molecule has 0 aromatic rings. The summed E-state index contributed by atoms with van der Waals surface area (Å²) in [6.07, 6.45) is 22.6. The van der Waals surface area contributed by atoms with E-state index >= 15 is 0 Å². The lowest BCUT2D eigenvalue weighted by atomic mass is 10.0. The van der Waals surface area contributed by atoms with Crippen molar-refractivity contribution < 1.29 is 9.78 Å². The van der Waals surface area contributed by atoms with Crippen LogP contribution >= 0.6 is 0 Å². The molecule has 0 unspecified atom stereocenters. The molecule has 0 saturated carbocycles. The van der Waals surface area contributed by atoms with Crippen molar-refractivity contribution in [1.29, 1.82) is 0 Å². The molecule has 1 saturated heterocycles. The van der Waals surface area contributed by atoms with Gasteiger partial charge in [-0.3, -0.25) is 0 Å². The Kier molecular flexibility index (Phi) is 12.5. The SMILES string of the molecule is CCCCCCCCCCCCCCCCCC1OO1. The maximum Gasteiger partial charge on any atom is 0.224 e. The zero-order valence-corrected chi connectivity index (χ0v) is 13.7. The van der Waals surface area contributed by atoms with Gasteiger partial charge in [-0.05, 0) is 6.42 Å². The molecular formula is C18H36O2. The second-order valence-electron chi connectivity index (χ2n) is 6.36. The first-order valence-electron chi connectivity index (χ1n) is 9.25. The minimum Gasteiger partial charge on any atom is -0.199 e. The van der Waals surface area contributed by atoms with Gasteiger partial charge in [0.25, 0.3) is 0 Å². The van der Waals surface area contributed by atoms with Gasteiger partial charge in [-0.25, -0.2) is 0 Å². The summed E-state index contributed by atoms with van der Waals surface area (Å²) in [7, 11) is 0. The largest absolute Gasteiger partial charge is 0.224 e. The lowest BCUT2D eigenvalue weighted by molar-refractivity contribution is 0.0850. The van der Waals surface area contributed by atoms with E-state index in [2.05, 4.69) is 6.92 Å². The van der Waals surface area contributed by atoms with Gasteiger partial charge in [-0.2, -0.15) is 9.78 Å². The van der Waals surface area contributed by atoms with E-state index in [0.717, 1.165) is 6.42 Å². The molecule has 0 N–H and O–H groups in total. The van der Waals surface area contributed by atoms with Crippen molar-refractivity contribution in [3.05, 3.63) is 0 Å². The van der Waals surface area contributed by atoms with Gasteiger partial charge < -0.3 is 0 Å². The molecule has 20 heavy (non-hydrogen) atoms. The molecule has 1 fully saturated rings. The molecule has 1 aliphatic rings. The average molecular weight is 284 g/mol. The van der Waals surface area contributed by atoms with Gasteiger partial charge in [0.2, 0.25) is 6.29 Å². The number of hydrogen-bond donors (Lipinski definition) is 0. The van der Waals surface area contributed by atoms with E-state index in [-0.39, 0.29) is 6.29 Å². The van der Waals surface area contributed by atoms with Crippen LogP contribution in [0.2, 0.25) is 0 Å². The Morgan fingerprint density at radius 2 is 0.850 bits per heavy atom. The highest BCUT2D eigenvalue weighted by Gasteiger charge is 2.24. The van der Waals surface area contributed by atoms with Crippen LogP contribution in [0.15, 0.2) is 0 Å². The quantitative estimate of drug-likeness (QED) is 0.183. The number of hydrogen-bond acceptors (Lipinski definition) is 2. The summed E-state index contributed by atoms with van der Waals surface area (Å²) in [4.78, 5) is 9.46. The van der Waals surface area contributed by atoms with Crippen LogP contribution in [0.4, 0.5) is 0 Å². The maximum atomic E-state index is 4.73. The summed E-state index contributed by atoms with van der Waals surface area (Å²) < 4.78 is 0. The first-order valence-corrected chi connectivity index (χ1v) is 9.25. The maximum absolute atomic E-state index is 4.73. The standard InChI is InChI=1S/C18H36O2/c1-2-3-4-5-6-7-8-9-10-11-12-13-14-15-16-17-18-19-20-18/h18H,2-17H2,1H3. The second kappa shape index (κ2) is 13.9. The minimum atomic E-state index is 0.150. The lowest BCUT2D eigenvalue weighted by Crippen LogP contribution is -1.86. The fraction of sp³-hybridized carbons (Fsp3) is 1.00. The van der Waals surface area contributed by atoms with Crippen LogP contribution in [0, 0.1) is 0 Å². The van der Waals surface area contributed by atoms with Gasteiger partial charge in [0.1, 0.15) is 0 Å². The molecule has 2 nitrogen and oxygen atoms in total. The number of unbranched alkanes of at least 4 members (excludes halogenated alkanes) is 14. The first kappa shape index (κ1) is 18.0. The average Bonchev–Trinajstić information content (AvgIpc) is 3.27. The van der Waals surface area contributed by atoms with E-state index in [9.17, 15) is 0 Å². The third-order valence-electron chi connectivity index (χ3n) is 4.28. The Morgan fingerprint density at radius 3 is 1.20 bits per heavy atom. The predicted octanol–water partition coefficient (Wildman–Crippen LogP) is 6.54. The topological polar surface area (TPSA) is 25.1 Å². The summed E-state index contributed by atoms with van der Waals surface area (Å²) in [5.41, 5.74) is 0. The van der Waals surface area contributed by atoms with Crippen molar-refractivity contribution in [3.8, 4) is 0 Å². The Hall–Kier alpha value is -0.0800. The molecule has 0 atom stereocenters. The van der Waals surface area contributed by atoms with Crippen LogP contribution in [-0.2, 0) is 9.78 Å². The summed E-state index contributed by atoms with van der Waals surface area (Å²) in [5, 5.41) is 0. The fourth-order valence-electron chi connectivity index (χ4n) is 2.82. The summed E-state index contributed by atoms with van der Waals surface area (Å²) in [6.45, 7) is 2.29. The zero-order valence-electron chi connectivity index (χ0n) is 13.7. The summed E-state index contributed by atoms with van der Waals surface area (Å²) in [5.74, 6) is 0. The minimum absolute atomic E-state index is 0.150. The first-order chi connectivity index (χ1) is 9.93. The van der Waals surface area contributed by atoms with Crippen molar-refractivity contribution in [1.82, 2.24) is 0 Å². The molecule has 0 spiro atoms. The Labute approximate surface area is 126 Å². The molecule has 1 aliphatic heterocycles. The lowest BCUT2D eigenvalue weighted by Gasteiger charge is -2.03. The van der Waals surface area contributed by atoms with Crippen molar-refractivity contribution >= 4 is 0 Å². The normalized spacial score (nSPS) is 14.8. The Bertz CT molecular complexity index is 190. The highest BCUT2D eigenvalue weighted by atomic mass is 17.4. The van der Waals surface area contributed by atoms with Crippen LogP contribution in [0.5, 0.6) is 0 Å². The van der Waals surface area contributed by atoms with Crippen LogP contribution < -0.4 is 0 Å². The molecule has 120 valence electrons. The number of rotatable bonds is 16. The molecule has 0 aromatic heterocycles. The highest BCUT2D eigenvalue weighted by molar-refractivity contribution is 4.52. The molecule has 0 amide bonds. The highest BCUT2D eigenvalue weighted by Crippen LogP contribution is 2.20. The van der Waals surface area contributed by atoms with Crippen LogP contribution in [-0.4, -0.2) is 6.29 Å². The second-order valence-corrected chi connectivity index (χ2v) is 6.36. The van der Waals surface area contributed by atoms with Crippen LogP contribution in [0.3, 0.4) is 0 Å².